The molecule has 1 N–H and O–H groups in total. The van der Waals surface area contributed by atoms with Gasteiger partial charge in [-0.25, -0.2) is 26.3 Å². The van der Waals surface area contributed by atoms with Crippen molar-refractivity contribution >= 4 is 0 Å². The van der Waals surface area contributed by atoms with E-state index >= 15 is 8.78 Å². The second-order valence-electron chi connectivity index (χ2n) is 13.1. The van der Waals surface area contributed by atoms with Crippen LogP contribution in [0.4, 0.5) is 26.3 Å². The highest BCUT2D eigenvalue weighted by Gasteiger charge is 2.34. The van der Waals surface area contributed by atoms with Gasteiger partial charge >= 0.3 is 0 Å². The Balaban J connectivity index is 1.01. The van der Waals surface area contributed by atoms with Gasteiger partial charge in [0.2, 0.25) is 0 Å². The molecule has 2 unspecified atom stereocenters. The molecule has 0 bridgehead atoms. The fourth-order valence-electron chi connectivity index (χ4n) is 7.45. The zero-order valence-electron chi connectivity index (χ0n) is 25.9. The molecule has 46 heavy (non-hydrogen) atoms. The van der Waals surface area contributed by atoms with Gasteiger partial charge in [0.1, 0.15) is 6.10 Å². The van der Waals surface area contributed by atoms with Gasteiger partial charge in [-0.05, 0) is 92.2 Å². The lowest BCUT2D eigenvalue weighted by molar-refractivity contribution is 0.0116. The summed E-state index contributed by atoms with van der Waals surface area (Å²) in [6.45, 7) is 2.15. The van der Waals surface area contributed by atoms with E-state index in [0.717, 1.165) is 0 Å². The zero-order chi connectivity index (χ0) is 32.5. The Labute approximate surface area is 265 Å². The maximum Gasteiger partial charge on any atom is 0.165 e. The van der Waals surface area contributed by atoms with Crippen LogP contribution in [0.1, 0.15) is 134 Å². The van der Waals surface area contributed by atoms with E-state index in [2.05, 4.69) is 0 Å². The van der Waals surface area contributed by atoms with Crippen LogP contribution in [0.3, 0.4) is 0 Å². The second-order valence-corrected chi connectivity index (χ2v) is 13.1. The van der Waals surface area contributed by atoms with Crippen LogP contribution in [0.5, 0.6) is 0 Å². The SMILES string of the molecule is CCCC(O)c1ccc(C2CCC(OCc3ccc(C4CCC(c5ccc(C6CO6)c(F)c5F)CC4)c(F)c3F)CC2)c(F)c1F. The van der Waals surface area contributed by atoms with Crippen LogP contribution < -0.4 is 0 Å². The molecule has 3 nitrogen and oxygen atoms in total. The average molecular weight is 647 g/mol. The minimum absolute atomic E-state index is 0.0226. The molecule has 1 heterocycles. The molecule has 9 heteroatoms. The minimum Gasteiger partial charge on any atom is -0.388 e. The third-order valence-corrected chi connectivity index (χ3v) is 10.3. The van der Waals surface area contributed by atoms with Gasteiger partial charge in [0.05, 0.1) is 25.4 Å². The highest BCUT2D eigenvalue weighted by atomic mass is 19.2. The summed E-state index contributed by atoms with van der Waals surface area (Å²) in [6, 6.07) is 9.38. The third kappa shape index (κ3) is 6.74. The Morgan fingerprint density at radius 2 is 1.11 bits per heavy atom. The average Bonchev–Trinajstić information content (AvgIpc) is 3.90. The second kappa shape index (κ2) is 14.1. The molecule has 2 saturated carbocycles. The lowest BCUT2D eigenvalue weighted by Gasteiger charge is -2.30. The molecule has 3 aromatic carbocycles. The summed E-state index contributed by atoms with van der Waals surface area (Å²) in [5, 5.41) is 10.1. The molecule has 248 valence electrons. The van der Waals surface area contributed by atoms with Crippen LogP contribution in [-0.4, -0.2) is 17.8 Å². The van der Waals surface area contributed by atoms with Gasteiger partial charge in [0.15, 0.2) is 34.9 Å². The molecule has 1 aliphatic heterocycles. The van der Waals surface area contributed by atoms with E-state index in [9.17, 15) is 22.7 Å². The molecular formula is C37H40F6O3. The molecule has 3 aliphatic rings. The number of halogens is 6. The monoisotopic (exact) mass is 646 g/mol. The number of benzene rings is 3. The van der Waals surface area contributed by atoms with Crippen LogP contribution in [0.25, 0.3) is 0 Å². The highest BCUT2D eigenvalue weighted by Crippen LogP contribution is 2.44. The van der Waals surface area contributed by atoms with E-state index in [4.69, 9.17) is 9.47 Å². The summed E-state index contributed by atoms with van der Waals surface area (Å²) in [6.07, 6.45) is 3.76. The maximum absolute atomic E-state index is 15.3. The maximum atomic E-state index is 15.3. The van der Waals surface area contributed by atoms with Crippen molar-refractivity contribution in [2.24, 2.45) is 0 Å². The zero-order valence-corrected chi connectivity index (χ0v) is 25.9. The quantitative estimate of drug-likeness (QED) is 0.176. The van der Waals surface area contributed by atoms with Crippen LogP contribution in [0.15, 0.2) is 36.4 Å². The predicted octanol–water partition coefficient (Wildman–Crippen LogP) is 10.1. The molecule has 3 fully saturated rings. The topological polar surface area (TPSA) is 42.0 Å². The Morgan fingerprint density at radius 1 is 0.652 bits per heavy atom. The first-order chi connectivity index (χ1) is 22.2. The number of ether oxygens (including phenoxy) is 2. The van der Waals surface area contributed by atoms with Gasteiger partial charge in [-0.1, -0.05) is 49.7 Å². The number of hydrogen-bond donors (Lipinski definition) is 1. The van der Waals surface area contributed by atoms with Gasteiger partial charge in [0.25, 0.3) is 0 Å². The van der Waals surface area contributed by atoms with Crippen LogP contribution in [-0.2, 0) is 16.1 Å². The predicted molar refractivity (Wildman–Crippen MR) is 161 cm³/mol. The normalized spacial score (nSPS) is 25.4. The lowest BCUT2D eigenvalue weighted by atomic mass is 9.75. The van der Waals surface area contributed by atoms with Crippen molar-refractivity contribution in [2.75, 3.05) is 6.61 Å². The molecule has 3 aromatic rings. The largest absolute Gasteiger partial charge is 0.388 e. The van der Waals surface area contributed by atoms with E-state index < -0.39 is 41.0 Å². The molecule has 2 aliphatic carbocycles. The Kier molecular flexibility index (Phi) is 10.1. The van der Waals surface area contributed by atoms with Gasteiger partial charge < -0.3 is 14.6 Å². The molecule has 0 spiro atoms. The first-order valence-electron chi connectivity index (χ1n) is 16.5. The van der Waals surface area contributed by atoms with Gasteiger partial charge in [-0.2, -0.15) is 0 Å². The van der Waals surface area contributed by atoms with Crippen molar-refractivity contribution in [1.29, 1.82) is 0 Å². The van der Waals surface area contributed by atoms with E-state index in [1.165, 1.54) is 6.07 Å². The summed E-state index contributed by atoms with van der Waals surface area (Å²) in [7, 11) is 0. The summed E-state index contributed by atoms with van der Waals surface area (Å²) < 4.78 is 100. The number of hydrogen-bond acceptors (Lipinski definition) is 3. The van der Waals surface area contributed by atoms with Crippen molar-refractivity contribution in [3.8, 4) is 0 Å². The Morgan fingerprint density at radius 3 is 1.67 bits per heavy atom. The summed E-state index contributed by atoms with van der Waals surface area (Å²) >= 11 is 0. The fourth-order valence-corrected chi connectivity index (χ4v) is 7.45. The van der Waals surface area contributed by atoms with E-state index in [0.29, 0.717) is 81.9 Å². The van der Waals surface area contributed by atoms with E-state index in [1.807, 2.05) is 6.92 Å². The van der Waals surface area contributed by atoms with Crippen LogP contribution in [0.2, 0.25) is 0 Å². The van der Waals surface area contributed by atoms with Crippen molar-refractivity contribution in [3.63, 3.8) is 0 Å². The number of aliphatic hydroxyl groups excluding tert-OH is 1. The minimum atomic E-state index is -1.04. The first-order valence-corrected chi connectivity index (χ1v) is 16.5. The first kappa shape index (κ1) is 33.0. The van der Waals surface area contributed by atoms with E-state index in [1.54, 1.807) is 30.3 Å². The lowest BCUT2D eigenvalue weighted by Crippen LogP contribution is -2.22. The third-order valence-electron chi connectivity index (χ3n) is 10.3. The molecule has 0 radical (unpaired) electrons. The summed E-state index contributed by atoms with van der Waals surface area (Å²) in [5.41, 5.74) is 1.23. The molecule has 0 amide bonds. The fraction of sp³-hybridized carbons (Fsp3) is 0.514. The summed E-state index contributed by atoms with van der Waals surface area (Å²) in [4.78, 5) is 0. The standard InChI is InChI=1S/C37H40F6O3/c1-2-3-30(44)28-16-14-26(34(40)36(28)42)22-8-11-24(12-9-22)45-18-23-10-13-25(33(39)32(23)38)20-4-6-21(7-5-20)27-15-17-29(31-19-46-31)37(43)35(27)41/h10,13-17,20-22,24,30-31,44H,2-9,11-12,18-19H2,1H3. The van der Waals surface area contributed by atoms with Crippen LogP contribution in [0, 0.1) is 34.9 Å². The van der Waals surface area contributed by atoms with Gasteiger partial charge in [0, 0.05) is 16.7 Å². The van der Waals surface area contributed by atoms with Crippen molar-refractivity contribution < 1.29 is 40.9 Å². The van der Waals surface area contributed by atoms with E-state index in [-0.39, 0.29) is 58.8 Å². The van der Waals surface area contributed by atoms with Crippen molar-refractivity contribution in [1.82, 2.24) is 0 Å². The summed E-state index contributed by atoms with van der Waals surface area (Å²) in [5.74, 6) is -6.06. The van der Waals surface area contributed by atoms with Crippen LogP contribution >= 0.6 is 0 Å². The smallest absolute Gasteiger partial charge is 0.165 e. The Bertz CT molecular complexity index is 1540. The van der Waals surface area contributed by atoms with Gasteiger partial charge in [-0.3, -0.25) is 0 Å². The van der Waals surface area contributed by atoms with Crippen molar-refractivity contribution in [3.05, 3.63) is 105 Å². The molecule has 2 atom stereocenters. The molecule has 6 rings (SSSR count). The van der Waals surface area contributed by atoms with Gasteiger partial charge in [-0.15, -0.1) is 0 Å². The number of aliphatic hydroxyl groups is 1. The number of rotatable bonds is 10. The molecule has 0 aromatic heterocycles. The number of epoxide rings is 1. The highest BCUT2D eigenvalue weighted by molar-refractivity contribution is 5.34. The van der Waals surface area contributed by atoms with Crippen molar-refractivity contribution in [2.45, 2.75) is 114 Å². The molecular weight excluding hydrogens is 606 g/mol. The molecule has 1 saturated heterocycles. The Hall–Kier alpha value is -2.88.